The van der Waals surface area contributed by atoms with Crippen LogP contribution in [0.25, 0.3) is 0 Å². The molecule has 1 saturated heterocycles. The van der Waals surface area contributed by atoms with E-state index in [9.17, 15) is 0 Å². The van der Waals surface area contributed by atoms with Crippen molar-refractivity contribution in [3.8, 4) is 0 Å². The highest BCUT2D eigenvalue weighted by Gasteiger charge is 2.29. The topological polar surface area (TPSA) is 70.3 Å². The summed E-state index contributed by atoms with van der Waals surface area (Å²) in [5.41, 5.74) is 9.77. The smallest absolute Gasteiger partial charge is 0.222 e. The molecule has 132 valence electrons. The molecule has 3 heterocycles. The summed E-state index contributed by atoms with van der Waals surface area (Å²) in [6.45, 7) is 4.84. The number of anilines is 2. The first-order valence-corrected chi connectivity index (χ1v) is 9.08. The molecular weight excluding hydrogens is 312 g/mol. The number of nitrogens with zero attached hydrogens (tertiary/aromatic N) is 4. The second-order valence-electron chi connectivity index (χ2n) is 6.93. The quantitative estimate of drug-likeness (QED) is 0.859. The molecule has 1 aromatic carbocycles. The molecule has 25 heavy (non-hydrogen) atoms. The maximum Gasteiger partial charge on any atom is 0.222 e. The van der Waals surface area contributed by atoms with Crippen LogP contribution in [0, 0.1) is 0 Å². The molecule has 0 aliphatic carbocycles. The van der Waals surface area contributed by atoms with Crippen molar-refractivity contribution >= 4 is 11.8 Å². The molecule has 0 amide bonds. The van der Waals surface area contributed by atoms with Crippen LogP contribution in [0.1, 0.15) is 22.9 Å². The number of likely N-dealkylation sites (N-methyl/N-ethyl adjacent to an activating group) is 1. The van der Waals surface area contributed by atoms with Crippen molar-refractivity contribution in [2.75, 3.05) is 50.4 Å². The Morgan fingerprint density at radius 3 is 2.72 bits per heavy atom. The van der Waals surface area contributed by atoms with Gasteiger partial charge in [-0.1, -0.05) is 30.3 Å². The third-order valence-electron chi connectivity index (χ3n) is 5.31. The SMILES string of the molecule is CN1CCN(c2nc(N)nc3c2CCNCC3)C[C@@H]1c1ccccc1. The summed E-state index contributed by atoms with van der Waals surface area (Å²) >= 11 is 0. The maximum atomic E-state index is 6.03. The predicted molar refractivity (Wildman–Crippen MR) is 101 cm³/mol. The number of hydrogen-bond acceptors (Lipinski definition) is 6. The fourth-order valence-corrected chi connectivity index (χ4v) is 3.91. The second kappa shape index (κ2) is 6.98. The van der Waals surface area contributed by atoms with Crippen molar-refractivity contribution < 1.29 is 0 Å². The molecule has 6 heteroatoms. The number of nitrogen functional groups attached to an aromatic ring is 1. The first-order chi connectivity index (χ1) is 12.2. The molecule has 3 N–H and O–H groups in total. The van der Waals surface area contributed by atoms with Gasteiger partial charge in [0.2, 0.25) is 5.95 Å². The number of fused-ring (bicyclic) bond motifs is 1. The van der Waals surface area contributed by atoms with E-state index in [4.69, 9.17) is 5.73 Å². The highest BCUT2D eigenvalue weighted by molar-refractivity contribution is 5.53. The summed E-state index contributed by atoms with van der Waals surface area (Å²) in [5, 5.41) is 3.45. The lowest BCUT2D eigenvalue weighted by Crippen LogP contribution is -2.47. The van der Waals surface area contributed by atoms with Gasteiger partial charge in [-0.3, -0.25) is 4.90 Å². The summed E-state index contributed by atoms with van der Waals surface area (Å²) in [5.74, 6) is 1.44. The zero-order valence-electron chi connectivity index (χ0n) is 14.8. The van der Waals surface area contributed by atoms with Gasteiger partial charge in [0, 0.05) is 38.2 Å². The number of piperazine rings is 1. The fraction of sp³-hybridized carbons (Fsp3) is 0.474. The zero-order valence-corrected chi connectivity index (χ0v) is 14.8. The molecule has 2 aliphatic rings. The van der Waals surface area contributed by atoms with Crippen LogP contribution >= 0.6 is 0 Å². The lowest BCUT2D eigenvalue weighted by Gasteiger charge is -2.41. The molecule has 1 aromatic heterocycles. The number of rotatable bonds is 2. The molecule has 4 rings (SSSR count). The minimum atomic E-state index is 0.366. The van der Waals surface area contributed by atoms with Crippen molar-refractivity contribution in [3.05, 3.63) is 47.2 Å². The Kier molecular flexibility index (Phi) is 4.55. The van der Waals surface area contributed by atoms with E-state index in [0.29, 0.717) is 12.0 Å². The van der Waals surface area contributed by atoms with Gasteiger partial charge in [0.05, 0.1) is 11.7 Å². The van der Waals surface area contributed by atoms with Crippen molar-refractivity contribution in [2.24, 2.45) is 0 Å². The monoisotopic (exact) mass is 338 g/mol. The standard InChI is InChI=1S/C19H26N6/c1-24-11-12-25(13-17(24)14-5-3-2-4-6-14)18-15-7-9-21-10-8-16(15)22-19(20)23-18/h2-6,17,21H,7-13H2,1H3,(H2,20,22,23)/t17-/m1/s1. The summed E-state index contributed by atoms with van der Waals surface area (Å²) < 4.78 is 0. The second-order valence-corrected chi connectivity index (χ2v) is 6.93. The van der Waals surface area contributed by atoms with Gasteiger partial charge in [0.15, 0.2) is 0 Å². The van der Waals surface area contributed by atoms with Crippen LogP contribution in [-0.2, 0) is 12.8 Å². The minimum Gasteiger partial charge on any atom is -0.368 e. The average Bonchev–Trinajstić information content (AvgIpc) is 2.87. The van der Waals surface area contributed by atoms with E-state index < -0.39 is 0 Å². The van der Waals surface area contributed by atoms with Gasteiger partial charge in [-0.2, -0.15) is 4.98 Å². The number of benzene rings is 1. The Bertz CT molecular complexity index is 732. The lowest BCUT2D eigenvalue weighted by atomic mass is 10.0. The zero-order chi connectivity index (χ0) is 17.2. The molecule has 1 atom stereocenters. The Morgan fingerprint density at radius 1 is 1.08 bits per heavy atom. The molecule has 0 spiro atoms. The molecule has 2 aliphatic heterocycles. The fourth-order valence-electron chi connectivity index (χ4n) is 3.91. The predicted octanol–water partition coefficient (Wildman–Crippen LogP) is 1.24. The largest absolute Gasteiger partial charge is 0.368 e. The molecule has 0 bridgehead atoms. The van der Waals surface area contributed by atoms with E-state index >= 15 is 0 Å². The minimum absolute atomic E-state index is 0.366. The van der Waals surface area contributed by atoms with Gasteiger partial charge in [-0.15, -0.1) is 0 Å². The van der Waals surface area contributed by atoms with Gasteiger partial charge >= 0.3 is 0 Å². The van der Waals surface area contributed by atoms with E-state index in [0.717, 1.165) is 57.1 Å². The Labute approximate surface area is 149 Å². The van der Waals surface area contributed by atoms with Crippen molar-refractivity contribution in [2.45, 2.75) is 18.9 Å². The van der Waals surface area contributed by atoms with Crippen LogP contribution in [0.4, 0.5) is 11.8 Å². The number of aromatic nitrogens is 2. The number of nitrogens with one attached hydrogen (secondary N) is 1. The molecule has 0 unspecified atom stereocenters. The van der Waals surface area contributed by atoms with Crippen LogP contribution in [0.5, 0.6) is 0 Å². The van der Waals surface area contributed by atoms with E-state index in [-0.39, 0.29) is 0 Å². The first-order valence-electron chi connectivity index (χ1n) is 9.08. The third-order valence-corrected chi connectivity index (χ3v) is 5.31. The molecule has 2 aromatic rings. The van der Waals surface area contributed by atoms with E-state index in [1.165, 1.54) is 11.1 Å². The summed E-state index contributed by atoms with van der Waals surface area (Å²) in [7, 11) is 2.20. The summed E-state index contributed by atoms with van der Waals surface area (Å²) in [6, 6.07) is 11.1. The van der Waals surface area contributed by atoms with E-state index in [2.05, 4.69) is 62.5 Å². The van der Waals surface area contributed by atoms with Gasteiger partial charge in [0.25, 0.3) is 0 Å². The van der Waals surface area contributed by atoms with Crippen LogP contribution in [0.15, 0.2) is 30.3 Å². The van der Waals surface area contributed by atoms with Crippen molar-refractivity contribution in [1.29, 1.82) is 0 Å². The third kappa shape index (κ3) is 3.32. The van der Waals surface area contributed by atoms with Crippen LogP contribution < -0.4 is 16.0 Å². The van der Waals surface area contributed by atoms with Crippen molar-refractivity contribution in [3.63, 3.8) is 0 Å². The van der Waals surface area contributed by atoms with Crippen molar-refractivity contribution in [1.82, 2.24) is 20.2 Å². The molecule has 6 nitrogen and oxygen atoms in total. The normalized spacial score (nSPS) is 21.6. The highest BCUT2D eigenvalue weighted by Crippen LogP contribution is 2.30. The van der Waals surface area contributed by atoms with E-state index in [1.54, 1.807) is 0 Å². The summed E-state index contributed by atoms with van der Waals surface area (Å²) in [6.07, 6.45) is 1.89. The highest BCUT2D eigenvalue weighted by atomic mass is 15.3. The van der Waals surface area contributed by atoms with Crippen LogP contribution in [0.3, 0.4) is 0 Å². The maximum absolute atomic E-state index is 6.03. The number of hydrogen-bond donors (Lipinski definition) is 2. The molecule has 0 radical (unpaired) electrons. The molecule has 1 fully saturated rings. The Hall–Kier alpha value is -2.18. The van der Waals surface area contributed by atoms with E-state index in [1.807, 2.05) is 0 Å². The van der Waals surface area contributed by atoms with Crippen LogP contribution in [0.2, 0.25) is 0 Å². The number of nitrogens with two attached hydrogens (primary N) is 1. The molecular formula is C19H26N6. The Morgan fingerprint density at radius 2 is 1.88 bits per heavy atom. The van der Waals surface area contributed by atoms with Crippen LogP contribution in [-0.4, -0.2) is 54.6 Å². The van der Waals surface area contributed by atoms with Gasteiger partial charge < -0.3 is 16.0 Å². The lowest BCUT2D eigenvalue weighted by molar-refractivity contribution is 0.220. The molecule has 0 saturated carbocycles. The first kappa shape index (κ1) is 16.3. The Balaban J connectivity index is 1.67. The van der Waals surface area contributed by atoms with Gasteiger partial charge in [-0.05, 0) is 25.6 Å². The van der Waals surface area contributed by atoms with Gasteiger partial charge in [-0.25, -0.2) is 4.98 Å². The average molecular weight is 338 g/mol. The summed E-state index contributed by atoms with van der Waals surface area (Å²) in [4.78, 5) is 14.0. The van der Waals surface area contributed by atoms with Gasteiger partial charge in [0.1, 0.15) is 5.82 Å².